The van der Waals surface area contributed by atoms with E-state index in [-0.39, 0.29) is 18.2 Å². The van der Waals surface area contributed by atoms with Crippen molar-refractivity contribution < 1.29 is 14.3 Å². The van der Waals surface area contributed by atoms with Crippen molar-refractivity contribution >= 4 is 5.78 Å². The van der Waals surface area contributed by atoms with E-state index >= 15 is 0 Å². The predicted octanol–water partition coefficient (Wildman–Crippen LogP) is 2.98. The molecule has 0 spiro atoms. The molecule has 0 heterocycles. The number of methoxy groups -OCH3 is 2. The minimum Gasteiger partial charge on any atom is -0.497 e. The van der Waals surface area contributed by atoms with E-state index in [2.05, 4.69) is 0 Å². The molecule has 2 N–H and O–H groups in total. The largest absolute Gasteiger partial charge is 0.497 e. The second-order valence-electron chi connectivity index (χ2n) is 4.71. The molecule has 0 fully saturated rings. The molecule has 0 aromatic heterocycles. The molecule has 1 unspecified atom stereocenters. The number of hydrogen-bond donors (Lipinski definition) is 1. The average Bonchev–Trinajstić information content (AvgIpc) is 2.54. The van der Waals surface area contributed by atoms with Crippen LogP contribution in [0, 0.1) is 0 Å². The minimum absolute atomic E-state index is 0.0675. The lowest BCUT2D eigenvalue weighted by atomic mass is 9.98. The number of carbonyl (C=O) groups excluding carboxylic acids is 1. The first-order valence-corrected chi connectivity index (χ1v) is 6.71. The summed E-state index contributed by atoms with van der Waals surface area (Å²) in [7, 11) is 3.10. The van der Waals surface area contributed by atoms with E-state index in [1.807, 2.05) is 30.3 Å². The molecular weight excluding hydrogens is 266 g/mol. The zero-order valence-corrected chi connectivity index (χ0v) is 12.2. The molecule has 0 bridgehead atoms. The Morgan fingerprint density at radius 1 is 1.10 bits per heavy atom. The van der Waals surface area contributed by atoms with Crippen molar-refractivity contribution in [1.82, 2.24) is 0 Å². The lowest BCUT2D eigenvalue weighted by Crippen LogP contribution is -2.16. The van der Waals surface area contributed by atoms with Gasteiger partial charge in [-0.3, -0.25) is 4.79 Å². The first-order valence-electron chi connectivity index (χ1n) is 6.71. The number of nitrogens with two attached hydrogens (primary N) is 1. The molecule has 21 heavy (non-hydrogen) atoms. The monoisotopic (exact) mass is 285 g/mol. The molecule has 110 valence electrons. The van der Waals surface area contributed by atoms with Crippen LogP contribution >= 0.6 is 0 Å². The van der Waals surface area contributed by atoms with Crippen LogP contribution in [-0.2, 0) is 0 Å². The van der Waals surface area contributed by atoms with Crippen molar-refractivity contribution in [2.45, 2.75) is 12.5 Å². The van der Waals surface area contributed by atoms with Crippen LogP contribution in [0.5, 0.6) is 11.5 Å². The fourth-order valence-electron chi connectivity index (χ4n) is 2.16. The van der Waals surface area contributed by atoms with Gasteiger partial charge in [0.25, 0.3) is 0 Å². The van der Waals surface area contributed by atoms with Gasteiger partial charge in [0.15, 0.2) is 5.78 Å². The lowest BCUT2D eigenvalue weighted by molar-refractivity contribution is 0.0971. The molecule has 0 saturated carbocycles. The molecule has 2 rings (SSSR count). The second kappa shape index (κ2) is 6.90. The third-order valence-electron chi connectivity index (χ3n) is 3.34. The molecule has 2 aromatic carbocycles. The Morgan fingerprint density at radius 3 is 2.43 bits per heavy atom. The van der Waals surface area contributed by atoms with Crippen LogP contribution in [-0.4, -0.2) is 20.0 Å². The summed E-state index contributed by atoms with van der Waals surface area (Å²) in [5.74, 6) is 1.08. The van der Waals surface area contributed by atoms with Gasteiger partial charge in [-0.15, -0.1) is 0 Å². The van der Waals surface area contributed by atoms with Gasteiger partial charge in [-0.1, -0.05) is 30.3 Å². The Balaban J connectivity index is 2.20. The van der Waals surface area contributed by atoms with Gasteiger partial charge >= 0.3 is 0 Å². The first kappa shape index (κ1) is 15.1. The molecule has 0 aliphatic carbocycles. The number of ether oxygens (including phenoxy) is 2. The van der Waals surface area contributed by atoms with Crippen LogP contribution in [0.2, 0.25) is 0 Å². The van der Waals surface area contributed by atoms with Crippen LogP contribution in [0.15, 0.2) is 48.5 Å². The molecule has 4 nitrogen and oxygen atoms in total. The number of ketones is 1. The van der Waals surface area contributed by atoms with Crippen LogP contribution in [0.3, 0.4) is 0 Å². The van der Waals surface area contributed by atoms with Crippen molar-refractivity contribution in [2.75, 3.05) is 14.2 Å². The summed E-state index contributed by atoms with van der Waals surface area (Å²) >= 11 is 0. The number of carbonyl (C=O) groups is 1. The summed E-state index contributed by atoms with van der Waals surface area (Å²) in [5, 5.41) is 0. The highest BCUT2D eigenvalue weighted by molar-refractivity contribution is 5.99. The number of benzene rings is 2. The maximum atomic E-state index is 12.5. The van der Waals surface area contributed by atoms with Gasteiger partial charge in [-0.25, -0.2) is 0 Å². The average molecular weight is 285 g/mol. The normalized spacial score (nSPS) is 11.8. The Labute approximate surface area is 124 Å². The van der Waals surface area contributed by atoms with E-state index in [0.717, 1.165) is 5.56 Å². The van der Waals surface area contributed by atoms with Crippen LogP contribution in [0.4, 0.5) is 0 Å². The summed E-state index contributed by atoms with van der Waals surface area (Å²) in [6.07, 6.45) is 0.216. The van der Waals surface area contributed by atoms with Gasteiger partial charge in [0.1, 0.15) is 11.5 Å². The zero-order chi connectivity index (χ0) is 15.2. The lowest BCUT2D eigenvalue weighted by Gasteiger charge is -2.13. The van der Waals surface area contributed by atoms with E-state index < -0.39 is 0 Å². The Kier molecular flexibility index (Phi) is 4.95. The Bertz CT molecular complexity index is 611. The van der Waals surface area contributed by atoms with E-state index in [1.54, 1.807) is 25.3 Å². The predicted molar refractivity (Wildman–Crippen MR) is 81.9 cm³/mol. The third kappa shape index (κ3) is 3.61. The molecule has 0 radical (unpaired) electrons. The molecule has 0 aliphatic heterocycles. The second-order valence-corrected chi connectivity index (χ2v) is 4.71. The fraction of sp³-hybridized carbons (Fsp3) is 0.235. The Morgan fingerprint density at radius 2 is 1.81 bits per heavy atom. The highest BCUT2D eigenvalue weighted by Crippen LogP contribution is 2.27. The maximum absolute atomic E-state index is 12.5. The SMILES string of the molecule is COc1ccc(OC)c(C(=O)CC(N)c2ccccc2)c1. The first-order chi connectivity index (χ1) is 10.2. The summed E-state index contributed by atoms with van der Waals surface area (Å²) in [4.78, 5) is 12.5. The van der Waals surface area contributed by atoms with Crippen LogP contribution in [0.1, 0.15) is 28.4 Å². The van der Waals surface area contributed by atoms with Gasteiger partial charge < -0.3 is 15.2 Å². The molecule has 0 saturated heterocycles. The van der Waals surface area contributed by atoms with Crippen molar-refractivity contribution in [2.24, 2.45) is 5.73 Å². The molecule has 2 aromatic rings. The van der Waals surface area contributed by atoms with E-state index in [9.17, 15) is 4.79 Å². The molecule has 4 heteroatoms. The van der Waals surface area contributed by atoms with Crippen molar-refractivity contribution in [1.29, 1.82) is 0 Å². The van der Waals surface area contributed by atoms with Gasteiger partial charge in [-0.05, 0) is 23.8 Å². The molecular formula is C17H19NO3. The minimum atomic E-state index is -0.338. The van der Waals surface area contributed by atoms with Crippen molar-refractivity contribution in [3.63, 3.8) is 0 Å². The maximum Gasteiger partial charge on any atom is 0.168 e. The third-order valence-corrected chi connectivity index (χ3v) is 3.34. The van der Waals surface area contributed by atoms with Gasteiger partial charge in [0.2, 0.25) is 0 Å². The standard InChI is InChI=1S/C17H19NO3/c1-20-13-8-9-17(21-2)14(10-13)16(19)11-15(18)12-6-4-3-5-7-12/h3-10,15H,11,18H2,1-2H3. The molecule has 0 amide bonds. The van der Waals surface area contributed by atoms with Gasteiger partial charge in [0.05, 0.1) is 19.8 Å². The van der Waals surface area contributed by atoms with Gasteiger partial charge in [-0.2, -0.15) is 0 Å². The number of hydrogen-bond acceptors (Lipinski definition) is 4. The number of Topliss-reactive ketones (excluding diaryl/α,β-unsaturated/α-hetero) is 1. The summed E-state index contributed by atoms with van der Waals surface area (Å²) in [6.45, 7) is 0. The summed E-state index contributed by atoms with van der Waals surface area (Å²) in [6, 6.07) is 14.4. The highest BCUT2D eigenvalue weighted by Gasteiger charge is 2.17. The van der Waals surface area contributed by atoms with Crippen LogP contribution in [0.25, 0.3) is 0 Å². The van der Waals surface area contributed by atoms with Crippen molar-refractivity contribution in [3.05, 3.63) is 59.7 Å². The molecule has 0 aliphatic rings. The van der Waals surface area contributed by atoms with E-state index in [1.165, 1.54) is 7.11 Å². The van der Waals surface area contributed by atoms with Crippen LogP contribution < -0.4 is 15.2 Å². The topological polar surface area (TPSA) is 61.5 Å². The molecule has 1 atom stereocenters. The van der Waals surface area contributed by atoms with E-state index in [0.29, 0.717) is 17.1 Å². The zero-order valence-electron chi connectivity index (χ0n) is 12.2. The Hall–Kier alpha value is -2.33. The quantitative estimate of drug-likeness (QED) is 0.829. The summed E-state index contributed by atoms with van der Waals surface area (Å²) in [5.41, 5.74) is 7.53. The smallest absolute Gasteiger partial charge is 0.168 e. The van der Waals surface area contributed by atoms with E-state index in [4.69, 9.17) is 15.2 Å². The number of rotatable bonds is 6. The van der Waals surface area contributed by atoms with Crippen molar-refractivity contribution in [3.8, 4) is 11.5 Å². The fourth-order valence-corrected chi connectivity index (χ4v) is 2.16. The van der Waals surface area contributed by atoms with Gasteiger partial charge in [0, 0.05) is 12.5 Å². The summed E-state index contributed by atoms with van der Waals surface area (Å²) < 4.78 is 10.4. The highest BCUT2D eigenvalue weighted by atomic mass is 16.5.